The Morgan fingerprint density at radius 3 is 2.42 bits per heavy atom. The summed E-state index contributed by atoms with van der Waals surface area (Å²) in [6.45, 7) is 7.55. The van der Waals surface area contributed by atoms with Crippen LogP contribution in [-0.4, -0.2) is 28.0 Å². The Labute approximate surface area is 112 Å². The number of hydrogen-bond donors (Lipinski definition) is 1. The van der Waals surface area contributed by atoms with Gasteiger partial charge >= 0.3 is 0 Å². The number of anilines is 1. The van der Waals surface area contributed by atoms with E-state index in [0.29, 0.717) is 11.4 Å². The molecule has 0 aromatic carbocycles. The fraction of sp³-hybridized carbons (Fsp3) is 0.357. The Hall–Kier alpha value is -2.17. The summed E-state index contributed by atoms with van der Waals surface area (Å²) in [5, 5.41) is 0. The molecule has 0 unspecified atom stereocenters. The van der Waals surface area contributed by atoms with Crippen LogP contribution in [0.3, 0.4) is 0 Å². The highest BCUT2D eigenvalue weighted by Gasteiger charge is 2.13. The Morgan fingerprint density at radius 2 is 1.84 bits per heavy atom. The topological polar surface area (TPSA) is 61.9 Å². The maximum Gasteiger partial charge on any atom is 0.256 e. The summed E-state index contributed by atoms with van der Waals surface area (Å²) in [6.07, 6.45) is 3.37. The fourth-order valence-corrected chi connectivity index (χ4v) is 2.00. The molecule has 5 heteroatoms. The maximum atomic E-state index is 12.0. The second-order valence-electron chi connectivity index (χ2n) is 4.27. The van der Waals surface area contributed by atoms with Gasteiger partial charge in [-0.05, 0) is 32.9 Å². The number of H-pyrrole nitrogens is 1. The van der Waals surface area contributed by atoms with Crippen molar-refractivity contribution in [2.45, 2.75) is 20.8 Å². The molecule has 2 aromatic heterocycles. The number of nitrogens with zero attached hydrogens (tertiary/aromatic N) is 3. The van der Waals surface area contributed by atoms with Gasteiger partial charge in [0, 0.05) is 31.0 Å². The summed E-state index contributed by atoms with van der Waals surface area (Å²) in [4.78, 5) is 25.5. The highest BCUT2D eigenvalue weighted by molar-refractivity contribution is 5.58. The summed E-state index contributed by atoms with van der Waals surface area (Å²) in [6, 6.07) is 3.67. The Morgan fingerprint density at radius 1 is 1.21 bits per heavy atom. The van der Waals surface area contributed by atoms with Crippen LogP contribution in [0.15, 0.2) is 29.3 Å². The molecule has 1 N–H and O–H groups in total. The first-order valence-electron chi connectivity index (χ1n) is 6.43. The van der Waals surface area contributed by atoms with Crippen LogP contribution in [0.25, 0.3) is 11.4 Å². The van der Waals surface area contributed by atoms with Crippen molar-refractivity contribution in [3.8, 4) is 11.4 Å². The van der Waals surface area contributed by atoms with Gasteiger partial charge in [-0.3, -0.25) is 9.78 Å². The lowest BCUT2D eigenvalue weighted by Crippen LogP contribution is -2.27. The van der Waals surface area contributed by atoms with E-state index in [-0.39, 0.29) is 5.56 Å². The molecule has 0 bridgehead atoms. The Bertz CT molecular complexity index is 603. The van der Waals surface area contributed by atoms with E-state index in [4.69, 9.17) is 0 Å². The second kappa shape index (κ2) is 5.65. The zero-order valence-electron chi connectivity index (χ0n) is 11.5. The van der Waals surface area contributed by atoms with Crippen LogP contribution in [0.4, 0.5) is 5.82 Å². The van der Waals surface area contributed by atoms with Crippen molar-refractivity contribution in [2.75, 3.05) is 18.0 Å². The minimum Gasteiger partial charge on any atom is -0.357 e. The zero-order valence-corrected chi connectivity index (χ0v) is 11.5. The zero-order chi connectivity index (χ0) is 13.8. The van der Waals surface area contributed by atoms with Gasteiger partial charge in [0.15, 0.2) is 0 Å². The SMILES string of the molecule is CCN(CC)c1nc(-c2ccncc2)[nH]c(=O)c1C. The number of rotatable bonds is 4. The first kappa shape index (κ1) is 13.3. The van der Waals surface area contributed by atoms with Crippen LogP contribution < -0.4 is 10.5 Å². The second-order valence-corrected chi connectivity index (χ2v) is 4.27. The number of pyridine rings is 1. The molecule has 19 heavy (non-hydrogen) atoms. The van der Waals surface area contributed by atoms with E-state index in [2.05, 4.69) is 33.7 Å². The predicted octanol–water partition coefficient (Wildman–Crippen LogP) is 1.99. The molecule has 0 radical (unpaired) electrons. The van der Waals surface area contributed by atoms with Crippen LogP contribution in [0.5, 0.6) is 0 Å². The van der Waals surface area contributed by atoms with Gasteiger partial charge in [0.05, 0.1) is 5.56 Å². The van der Waals surface area contributed by atoms with Crippen molar-refractivity contribution in [3.63, 3.8) is 0 Å². The molecule has 0 atom stereocenters. The quantitative estimate of drug-likeness (QED) is 0.911. The van der Waals surface area contributed by atoms with Crippen LogP contribution in [0, 0.1) is 6.92 Å². The van der Waals surface area contributed by atoms with Gasteiger partial charge in [0.2, 0.25) is 0 Å². The van der Waals surface area contributed by atoms with E-state index in [1.54, 1.807) is 19.3 Å². The molecule has 0 aliphatic heterocycles. The molecule has 0 spiro atoms. The number of aromatic amines is 1. The van der Waals surface area contributed by atoms with E-state index < -0.39 is 0 Å². The maximum absolute atomic E-state index is 12.0. The first-order chi connectivity index (χ1) is 9.17. The van der Waals surface area contributed by atoms with Crippen LogP contribution in [0.1, 0.15) is 19.4 Å². The minimum absolute atomic E-state index is 0.0938. The summed E-state index contributed by atoms with van der Waals surface area (Å²) in [7, 11) is 0. The van der Waals surface area contributed by atoms with Gasteiger partial charge < -0.3 is 9.88 Å². The first-order valence-corrected chi connectivity index (χ1v) is 6.43. The summed E-state index contributed by atoms with van der Waals surface area (Å²) < 4.78 is 0. The molecule has 2 aromatic rings. The lowest BCUT2D eigenvalue weighted by Gasteiger charge is -2.21. The molecule has 0 amide bonds. The highest BCUT2D eigenvalue weighted by atomic mass is 16.1. The van der Waals surface area contributed by atoms with Gasteiger partial charge in [-0.2, -0.15) is 0 Å². The van der Waals surface area contributed by atoms with E-state index >= 15 is 0 Å². The minimum atomic E-state index is -0.0938. The molecule has 0 fully saturated rings. The predicted molar refractivity (Wildman–Crippen MR) is 76.4 cm³/mol. The molecular formula is C14H18N4O. The van der Waals surface area contributed by atoms with Crippen molar-refractivity contribution < 1.29 is 0 Å². The summed E-state index contributed by atoms with van der Waals surface area (Å²) >= 11 is 0. The Balaban J connectivity index is 2.57. The van der Waals surface area contributed by atoms with Crippen LogP contribution in [0.2, 0.25) is 0 Å². The van der Waals surface area contributed by atoms with Gasteiger partial charge in [0.1, 0.15) is 11.6 Å². The van der Waals surface area contributed by atoms with Crippen molar-refractivity contribution in [2.24, 2.45) is 0 Å². The molecule has 0 aliphatic rings. The lowest BCUT2D eigenvalue weighted by molar-refractivity contribution is 0.832. The molecule has 0 saturated heterocycles. The lowest BCUT2D eigenvalue weighted by atomic mass is 10.2. The van der Waals surface area contributed by atoms with E-state index in [0.717, 1.165) is 24.5 Å². The monoisotopic (exact) mass is 258 g/mol. The summed E-state index contributed by atoms with van der Waals surface area (Å²) in [5.74, 6) is 1.33. The molecule has 100 valence electrons. The smallest absolute Gasteiger partial charge is 0.256 e. The molecule has 2 heterocycles. The van der Waals surface area contributed by atoms with E-state index in [9.17, 15) is 4.79 Å². The third-order valence-corrected chi connectivity index (χ3v) is 3.14. The van der Waals surface area contributed by atoms with Crippen molar-refractivity contribution in [1.82, 2.24) is 15.0 Å². The van der Waals surface area contributed by atoms with Gasteiger partial charge in [-0.15, -0.1) is 0 Å². The largest absolute Gasteiger partial charge is 0.357 e. The number of aromatic nitrogens is 3. The fourth-order valence-electron chi connectivity index (χ4n) is 2.00. The average Bonchev–Trinajstić information content (AvgIpc) is 2.45. The van der Waals surface area contributed by atoms with Crippen molar-refractivity contribution in [1.29, 1.82) is 0 Å². The van der Waals surface area contributed by atoms with E-state index in [1.165, 1.54) is 0 Å². The Kier molecular flexibility index (Phi) is 3.94. The van der Waals surface area contributed by atoms with Gasteiger partial charge in [-0.1, -0.05) is 0 Å². The van der Waals surface area contributed by atoms with Crippen molar-refractivity contribution >= 4 is 5.82 Å². The molecule has 2 rings (SSSR count). The standard InChI is InChI=1S/C14H18N4O/c1-4-18(5-2)13-10(3)14(19)17-12(16-13)11-6-8-15-9-7-11/h6-9H,4-5H2,1-3H3,(H,16,17,19). The highest BCUT2D eigenvalue weighted by Crippen LogP contribution is 2.18. The third-order valence-electron chi connectivity index (χ3n) is 3.14. The molecule has 0 aliphatic carbocycles. The third kappa shape index (κ3) is 2.65. The average molecular weight is 258 g/mol. The van der Waals surface area contributed by atoms with Crippen LogP contribution in [-0.2, 0) is 0 Å². The normalized spacial score (nSPS) is 10.5. The molecule has 5 nitrogen and oxygen atoms in total. The number of hydrogen-bond acceptors (Lipinski definition) is 4. The molecule has 0 saturated carbocycles. The van der Waals surface area contributed by atoms with Crippen molar-refractivity contribution in [3.05, 3.63) is 40.4 Å². The van der Waals surface area contributed by atoms with Gasteiger partial charge in [0.25, 0.3) is 5.56 Å². The van der Waals surface area contributed by atoms with E-state index in [1.807, 2.05) is 12.1 Å². The van der Waals surface area contributed by atoms with Gasteiger partial charge in [-0.25, -0.2) is 4.98 Å². The molecular weight excluding hydrogens is 240 g/mol. The number of nitrogens with one attached hydrogen (secondary N) is 1. The van der Waals surface area contributed by atoms with Crippen LogP contribution >= 0.6 is 0 Å². The summed E-state index contributed by atoms with van der Waals surface area (Å²) in [5.41, 5.74) is 1.42.